The fraction of sp³-hybridized carbons (Fsp3) is 0.458. The highest BCUT2D eigenvalue weighted by molar-refractivity contribution is 6.16. The minimum atomic E-state index is -0.490. The summed E-state index contributed by atoms with van der Waals surface area (Å²) >= 11 is 0. The molecule has 1 aliphatic heterocycles. The number of carbonyl (C=O) groups excluding carboxylic acids is 3. The Kier molecular flexibility index (Phi) is 4.93. The second-order valence-electron chi connectivity index (χ2n) is 9.08. The largest absolute Gasteiger partial charge is 0.444 e. The van der Waals surface area contributed by atoms with Gasteiger partial charge in [0.2, 0.25) is 0 Å². The van der Waals surface area contributed by atoms with Crippen molar-refractivity contribution in [3.05, 3.63) is 59.2 Å². The van der Waals surface area contributed by atoms with Gasteiger partial charge >= 0.3 is 6.09 Å². The highest BCUT2D eigenvalue weighted by Gasteiger charge is 2.46. The summed E-state index contributed by atoms with van der Waals surface area (Å²) in [4.78, 5) is 39.2. The van der Waals surface area contributed by atoms with Gasteiger partial charge in [0.1, 0.15) is 5.60 Å². The van der Waals surface area contributed by atoms with Gasteiger partial charge in [-0.25, -0.2) is 4.79 Å². The molecule has 4 rings (SSSR count). The highest BCUT2D eigenvalue weighted by Crippen LogP contribution is 2.46. The highest BCUT2D eigenvalue weighted by atomic mass is 16.6. The van der Waals surface area contributed by atoms with E-state index >= 15 is 0 Å². The molecule has 2 atom stereocenters. The maximum absolute atomic E-state index is 12.7. The molecule has 1 fully saturated rings. The first-order chi connectivity index (χ1) is 13.7. The number of allylic oxidation sites excluding steroid dienone is 4. The Morgan fingerprint density at radius 1 is 0.931 bits per heavy atom. The lowest BCUT2D eigenvalue weighted by atomic mass is 9.90. The van der Waals surface area contributed by atoms with Crippen LogP contribution in [0.2, 0.25) is 0 Å². The van der Waals surface area contributed by atoms with Crippen LogP contribution in [0.5, 0.6) is 0 Å². The summed E-state index contributed by atoms with van der Waals surface area (Å²) in [6, 6.07) is 9.12. The summed E-state index contributed by atoms with van der Waals surface area (Å²) in [5, 5.41) is 0. The van der Waals surface area contributed by atoms with Gasteiger partial charge in [-0.15, -0.1) is 0 Å². The molecule has 5 nitrogen and oxygen atoms in total. The number of ether oxygens (including phenoxy) is 1. The van der Waals surface area contributed by atoms with Crippen LogP contribution in [0.3, 0.4) is 0 Å². The van der Waals surface area contributed by atoms with Gasteiger partial charge in [-0.3, -0.25) is 9.59 Å². The number of benzene rings is 1. The SMILES string of the molecule is CC(C)(C)OC(=O)N1CCC(C2=CC2C(=O)C2=CC2C(=O)c2ccccc2)CC1. The number of hydrogen-bond donors (Lipinski definition) is 0. The van der Waals surface area contributed by atoms with Gasteiger partial charge in [0, 0.05) is 24.2 Å². The molecule has 3 aliphatic rings. The zero-order chi connectivity index (χ0) is 20.8. The number of carbonyl (C=O) groups is 3. The maximum atomic E-state index is 12.7. The molecule has 1 aromatic carbocycles. The lowest BCUT2D eigenvalue weighted by Crippen LogP contribution is -2.41. The quantitative estimate of drug-likeness (QED) is 0.556. The van der Waals surface area contributed by atoms with Crippen LogP contribution in [-0.2, 0) is 9.53 Å². The Bertz CT molecular complexity index is 899. The Morgan fingerprint density at radius 3 is 2.21 bits per heavy atom. The molecule has 0 saturated carbocycles. The van der Waals surface area contributed by atoms with E-state index in [4.69, 9.17) is 4.74 Å². The van der Waals surface area contributed by atoms with Crippen molar-refractivity contribution in [3.63, 3.8) is 0 Å². The summed E-state index contributed by atoms with van der Waals surface area (Å²) in [7, 11) is 0. The van der Waals surface area contributed by atoms with Crippen molar-refractivity contribution in [2.24, 2.45) is 17.8 Å². The molecule has 5 heteroatoms. The van der Waals surface area contributed by atoms with Crippen LogP contribution in [-0.4, -0.2) is 41.3 Å². The van der Waals surface area contributed by atoms with Crippen molar-refractivity contribution < 1.29 is 19.1 Å². The van der Waals surface area contributed by atoms with E-state index in [1.165, 1.54) is 5.57 Å². The van der Waals surface area contributed by atoms with Crippen LogP contribution in [0, 0.1) is 17.8 Å². The van der Waals surface area contributed by atoms with Crippen molar-refractivity contribution in [3.8, 4) is 0 Å². The molecule has 0 aromatic heterocycles. The first-order valence-electron chi connectivity index (χ1n) is 10.3. The van der Waals surface area contributed by atoms with Crippen LogP contribution in [0.1, 0.15) is 44.0 Å². The van der Waals surface area contributed by atoms with Crippen molar-refractivity contribution in [1.29, 1.82) is 0 Å². The summed E-state index contributed by atoms with van der Waals surface area (Å²) in [5.74, 6) is -0.0852. The second kappa shape index (κ2) is 7.29. The van der Waals surface area contributed by atoms with Crippen LogP contribution < -0.4 is 0 Å². The molecule has 1 heterocycles. The monoisotopic (exact) mass is 393 g/mol. The fourth-order valence-corrected chi connectivity index (χ4v) is 4.03. The number of ketones is 2. The predicted molar refractivity (Wildman–Crippen MR) is 109 cm³/mol. The van der Waals surface area contributed by atoms with E-state index in [1.54, 1.807) is 23.1 Å². The zero-order valence-electron chi connectivity index (χ0n) is 17.2. The summed E-state index contributed by atoms with van der Waals surface area (Å²) in [5.41, 5.74) is 1.99. The maximum Gasteiger partial charge on any atom is 0.410 e. The first-order valence-corrected chi connectivity index (χ1v) is 10.3. The van der Waals surface area contributed by atoms with E-state index in [0.717, 1.165) is 12.8 Å². The number of hydrogen-bond acceptors (Lipinski definition) is 4. The third-order valence-electron chi connectivity index (χ3n) is 5.71. The molecule has 0 N–H and O–H groups in total. The van der Waals surface area contributed by atoms with Crippen LogP contribution in [0.4, 0.5) is 4.79 Å². The molecule has 0 spiro atoms. The van der Waals surface area contributed by atoms with E-state index in [0.29, 0.717) is 30.1 Å². The molecule has 1 aromatic rings. The number of amides is 1. The topological polar surface area (TPSA) is 63.7 Å². The lowest BCUT2D eigenvalue weighted by Gasteiger charge is -2.33. The van der Waals surface area contributed by atoms with Crippen LogP contribution in [0.25, 0.3) is 0 Å². The van der Waals surface area contributed by atoms with Crippen LogP contribution >= 0.6 is 0 Å². The van der Waals surface area contributed by atoms with Gasteiger partial charge in [0.05, 0.1) is 11.8 Å². The minimum Gasteiger partial charge on any atom is -0.444 e. The Labute approximate surface area is 171 Å². The van der Waals surface area contributed by atoms with E-state index in [2.05, 4.69) is 0 Å². The number of rotatable bonds is 5. The van der Waals surface area contributed by atoms with Gasteiger partial charge in [-0.2, -0.15) is 0 Å². The van der Waals surface area contributed by atoms with Gasteiger partial charge < -0.3 is 9.64 Å². The smallest absolute Gasteiger partial charge is 0.410 e. The molecule has 0 bridgehead atoms. The number of piperidine rings is 1. The molecule has 1 saturated heterocycles. The first kappa shape index (κ1) is 19.6. The van der Waals surface area contributed by atoms with E-state index in [-0.39, 0.29) is 29.5 Å². The molecule has 1 amide bonds. The summed E-state index contributed by atoms with van der Waals surface area (Å²) in [6.07, 6.45) is 5.24. The number of likely N-dealkylation sites (tertiary alicyclic amines) is 1. The van der Waals surface area contributed by atoms with E-state index < -0.39 is 5.60 Å². The normalized spacial score (nSPS) is 23.8. The minimum absolute atomic E-state index is 0.00168. The van der Waals surface area contributed by atoms with Crippen molar-refractivity contribution >= 4 is 17.7 Å². The number of Topliss-reactive ketones (excluding diaryl/α,β-unsaturated/α-hetero) is 2. The van der Waals surface area contributed by atoms with Gasteiger partial charge in [0.25, 0.3) is 0 Å². The van der Waals surface area contributed by atoms with Crippen LogP contribution in [0.15, 0.2) is 53.6 Å². The molecule has 2 unspecified atom stereocenters. The summed E-state index contributed by atoms with van der Waals surface area (Å²) in [6.45, 7) is 6.90. The number of nitrogens with zero attached hydrogens (tertiary/aromatic N) is 1. The molecular weight excluding hydrogens is 366 g/mol. The van der Waals surface area contributed by atoms with E-state index in [1.807, 2.05) is 45.0 Å². The molecule has 152 valence electrons. The third-order valence-corrected chi connectivity index (χ3v) is 5.71. The van der Waals surface area contributed by atoms with E-state index in [9.17, 15) is 14.4 Å². The van der Waals surface area contributed by atoms with Gasteiger partial charge in [-0.1, -0.05) is 48.1 Å². The average Bonchev–Trinajstić information content (AvgIpc) is 3.60. The van der Waals surface area contributed by atoms with Gasteiger partial charge in [-0.05, 0) is 39.5 Å². The molecule has 29 heavy (non-hydrogen) atoms. The van der Waals surface area contributed by atoms with Crippen molar-refractivity contribution in [2.75, 3.05) is 13.1 Å². The molecular formula is C24H27NO4. The van der Waals surface area contributed by atoms with Crippen molar-refractivity contribution in [2.45, 2.75) is 39.2 Å². The second-order valence-corrected chi connectivity index (χ2v) is 9.08. The standard InChI is InChI=1S/C24H27NO4/c1-24(2,3)29-23(28)25-11-9-15(10-12-25)17-13-18(17)22(27)20-14-19(20)21(26)16-7-5-4-6-8-16/h4-8,13-15,18-19H,9-12H2,1-3H3. The third kappa shape index (κ3) is 4.34. The zero-order valence-corrected chi connectivity index (χ0v) is 17.2. The Morgan fingerprint density at radius 2 is 1.59 bits per heavy atom. The molecule has 2 aliphatic carbocycles. The Hall–Kier alpha value is -2.69. The Balaban J connectivity index is 1.24. The fourth-order valence-electron chi connectivity index (χ4n) is 4.03. The molecule has 0 radical (unpaired) electrons. The van der Waals surface area contributed by atoms with Crippen molar-refractivity contribution in [1.82, 2.24) is 4.90 Å². The average molecular weight is 393 g/mol. The lowest BCUT2D eigenvalue weighted by molar-refractivity contribution is -0.116. The van der Waals surface area contributed by atoms with Gasteiger partial charge in [0.15, 0.2) is 11.6 Å². The summed E-state index contributed by atoms with van der Waals surface area (Å²) < 4.78 is 5.44. The predicted octanol–water partition coefficient (Wildman–Crippen LogP) is 4.20.